The van der Waals surface area contributed by atoms with Crippen molar-refractivity contribution < 1.29 is 0 Å². The van der Waals surface area contributed by atoms with Crippen molar-refractivity contribution >= 4 is 33.3 Å². The minimum atomic E-state index is -0.278. The molecular formula is C6H5BrN4OS. The van der Waals surface area contributed by atoms with Crippen molar-refractivity contribution in [2.24, 2.45) is 0 Å². The van der Waals surface area contributed by atoms with Crippen LogP contribution >= 0.6 is 27.7 Å². The number of thioether (sulfide) groups is 1. The number of nitrogens with one attached hydrogen (secondary N) is 1. The number of aromatic amines is 1. The van der Waals surface area contributed by atoms with Gasteiger partial charge in [-0.2, -0.15) is 9.61 Å². The second kappa shape index (κ2) is 3.15. The Kier molecular flexibility index (Phi) is 2.12. The van der Waals surface area contributed by atoms with E-state index < -0.39 is 0 Å². The number of rotatable bonds is 1. The Morgan fingerprint density at radius 2 is 2.46 bits per heavy atom. The van der Waals surface area contributed by atoms with Gasteiger partial charge in [0.1, 0.15) is 4.60 Å². The maximum atomic E-state index is 11.3. The van der Waals surface area contributed by atoms with Crippen molar-refractivity contribution in [2.45, 2.75) is 5.16 Å². The van der Waals surface area contributed by atoms with Gasteiger partial charge in [0.2, 0.25) is 0 Å². The lowest BCUT2D eigenvalue weighted by Gasteiger charge is -1.94. The number of fused-ring (bicyclic) bond motifs is 1. The predicted molar refractivity (Wildman–Crippen MR) is 53.1 cm³/mol. The molecule has 68 valence electrons. The number of nitrogens with zero attached hydrogens (tertiary/aromatic N) is 3. The lowest BCUT2D eigenvalue weighted by atomic mass is 10.7. The quantitative estimate of drug-likeness (QED) is 0.775. The molecule has 0 aliphatic rings. The molecule has 13 heavy (non-hydrogen) atoms. The zero-order valence-corrected chi connectivity index (χ0v) is 9.02. The Morgan fingerprint density at radius 1 is 1.69 bits per heavy atom. The molecule has 0 saturated carbocycles. The number of hydrogen-bond donors (Lipinski definition) is 1. The summed E-state index contributed by atoms with van der Waals surface area (Å²) in [5.74, 6) is 0. The van der Waals surface area contributed by atoms with Gasteiger partial charge in [0.05, 0.1) is 0 Å². The SMILES string of the molecule is CSc1nc2cc(Br)nn2c(=O)[nH]1. The van der Waals surface area contributed by atoms with E-state index in [0.29, 0.717) is 15.4 Å². The highest BCUT2D eigenvalue weighted by Gasteiger charge is 2.04. The molecule has 0 aromatic carbocycles. The first kappa shape index (κ1) is 8.76. The lowest BCUT2D eigenvalue weighted by Crippen LogP contribution is -2.18. The Morgan fingerprint density at radius 3 is 3.15 bits per heavy atom. The maximum Gasteiger partial charge on any atom is 0.350 e. The third-order valence-corrected chi connectivity index (χ3v) is 2.44. The first-order valence-electron chi connectivity index (χ1n) is 3.40. The van der Waals surface area contributed by atoms with Gasteiger partial charge in [-0.1, -0.05) is 11.8 Å². The van der Waals surface area contributed by atoms with E-state index in [1.807, 2.05) is 6.26 Å². The van der Waals surface area contributed by atoms with Gasteiger partial charge < -0.3 is 0 Å². The molecule has 2 aromatic heterocycles. The summed E-state index contributed by atoms with van der Waals surface area (Å²) in [4.78, 5) is 18.1. The monoisotopic (exact) mass is 260 g/mol. The van der Waals surface area contributed by atoms with E-state index in [0.717, 1.165) is 0 Å². The van der Waals surface area contributed by atoms with Gasteiger partial charge in [-0.15, -0.1) is 0 Å². The van der Waals surface area contributed by atoms with E-state index in [9.17, 15) is 4.79 Å². The molecule has 0 amide bonds. The van der Waals surface area contributed by atoms with Crippen LogP contribution in [0.4, 0.5) is 0 Å². The van der Waals surface area contributed by atoms with E-state index in [2.05, 4.69) is 31.0 Å². The molecule has 0 fully saturated rings. The first-order chi connectivity index (χ1) is 6.20. The second-order valence-electron chi connectivity index (χ2n) is 2.29. The molecule has 0 radical (unpaired) electrons. The Labute approximate surface area is 85.7 Å². The average molecular weight is 261 g/mol. The van der Waals surface area contributed by atoms with Gasteiger partial charge >= 0.3 is 5.69 Å². The van der Waals surface area contributed by atoms with Crippen molar-refractivity contribution in [3.63, 3.8) is 0 Å². The molecule has 0 aliphatic heterocycles. The van der Waals surface area contributed by atoms with Gasteiger partial charge in [-0.05, 0) is 22.2 Å². The largest absolute Gasteiger partial charge is 0.350 e. The molecule has 1 N–H and O–H groups in total. The van der Waals surface area contributed by atoms with Crippen LogP contribution in [0.2, 0.25) is 0 Å². The minimum Gasteiger partial charge on any atom is -0.285 e. The third kappa shape index (κ3) is 1.49. The summed E-state index contributed by atoms with van der Waals surface area (Å²) >= 11 is 4.56. The molecule has 7 heteroatoms. The van der Waals surface area contributed by atoms with E-state index >= 15 is 0 Å². The Bertz CT molecular complexity index is 505. The number of halogens is 1. The summed E-state index contributed by atoms with van der Waals surface area (Å²) in [5.41, 5.74) is 0.264. The molecule has 2 heterocycles. The standard InChI is InChI=1S/C6H5BrN4OS/c1-13-5-8-4-2-3(7)10-11(4)6(12)9-5/h2H,1H3,(H,8,9,12). The highest BCUT2D eigenvalue weighted by Crippen LogP contribution is 2.10. The van der Waals surface area contributed by atoms with Crippen LogP contribution in [0.1, 0.15) is 0 Å². The van der Waals surface area contributed by atoms with Crippen molar-refractivity contribution in [1.29, 1.82) is 0 Å². The van der Waals surface area contributed by atoms with Crippen LogP contribution in [0.5, 0.6) is 0 Å². The van der Waals surface area contributed by atoms with Crippen LogP contribution in [-0.4, -0.2) is 25.8 Å². The van der Waals surface area contributed by atoms with Crippen molar-refractivity contribution in [3.8, 4) is 0 Å². The molecule has 0 atom stereocenters. The Hall–Kier alpha value is -0.820. The summed E-state index contributed by atoms with van der Waals surface area (Å²) in [6.45, 7) is 0. The van der Waals surface area contributed by atoms with Gasteiger partial charge in [-0.25, -0.2) is 9.78 Å². The molecule has 2 rings (SSSR count). The molecule has 0 aliphatic carbocycles. The molecule has 0 bridgehead atoms. The third-order valence-electron chi connectivity index (χ3n) is 1.48. The fourth-order valence-electron chi connectivity index (χ4n) is 0.945. The molecular weight excluding hydrogens is 256 g/mol. The summed E-state index contributed by atoms with van der Waals surface area (Å²) in [6.07, 6.45) is 1.85. The highest BCUT2D eigenvalue weighted by molar-refractivity contribution is 9.10. The van der Waals surface area contributed by atoms with Gasteiger partial charge in [-0.3, -0.25) is 4.98 Å². The molecule has 0 spiro atoms. The van der Waals surface area contributed by atoms with Crippen LogP contribution < -0.4 is 5.69 Å². The predicted octanol–water partition coefficient (Wildman–Crippen LogP) is 0.902. The number of hydrogen-bond acceptors (Lipinski definition) is 4. The normalized spacial score (nSPS) is 10.9. The highest BCUT2D eigenvalue weighted by atomic mass is 79.9. The van der Waals surface area contributed by atoms with Gasteiger partial charge in [0.25, 0.3) is 0 Å². The van der Waals surface area contributed by atoms with Crippen molar-refractivity contribution in [1.82, 2.24) is 19.6 Å². The summed E-state index contributed by atoms with van der Waals surface area (Å²) in [7, 11) is 0. The average Bonchev–Trinajstić information content (AvgIpc) is 2.46. The number of aromatic nitrogens is 4. The van der Waals surface area contributed by atoms with Crippen molar-refractivity contribution in [2.75, 3.05) is 6.26 Å². The summed E-state index contributed by atoms with van der Waals surface area (Å²) < 4.78 is 1.81. The fraction of sp³-hybridized carbons (Fsp3) is 0.167. The van der Waals surface area contributed by atoms with E-state index in [4.69, 9.17) is 0 Å². The Balaban J connectivity index is 2.83. The van der Waals surface area contributed by atoms with Crippen LogP contribution in [0.15, 0.2) is 20.6 Å². The first-order valence-corrected chi connectivity index (χ1v) is 5.42. The zero-order valence-electron chi connectivity index (χ0n) is 6.61. The second-order valence-corrected chi connectivity index (χ2v) is 3.90. The minimum absolute atomic E-state index is 0.278. The fourth-order valence-corrected chi connectivity index (χ4v) is 1.68. The number of H-pyrrole nitrogens is 1. The maximum absolute atomic E-state index is 11.3. The van der Waals surface area contributed by atoms with Crippen LogP contribution in [0, 0.1) is 0 Å². The van der Waals surface area contributed by atoms with Crippen LogP contribution in [-0.2, 0) is 0 Å². The van der Waals surface area contributed by atoms with Crippen LogP contribution in [0.3, 0.4) is 0 Å². The zero-order chi connectivity index (χ0) is 9.42. The van der Waals surface area contributed by atoms with E-state index in [1.165, 1.54) is 16.3 Å². The molecule has 2 aromatic rings. The topological polar surface area (TPSA) is 63.1 Å². The van der Waals surface area contributed by atoms with E-state index in [1.54, 1.807) is 6.07 Å². The molecule has 5 nitrogen and oxygen atoms in total. The smallest absolute Gasteiger partial charge is 0.285 e. The lowest BCUT2D eigenvalue weighted by molar-refractivity contribution is 0.783. The van der Waals surface area contributed by atoms with Gasteiger partial charge in [0.15, 0.2) is 10.8 Å². The molecule has 0 saturated heterocycles. The van der Waals surface area contributed by atoms with Crippen LogP contribution in [0.25, 0.3) is 5.65 Å². The molecule has 0 unspecified atom stereocenters. The van der Waals surface area contributed by atoms with Gasteiger partial charge in [0, 0.05) is 6.07 Å². The van der Waals surface area contributed by atoms with Crippen molar-refractivity contribution in [3.05, 3.63) is 21.2 Å². The summed E-state index contributed by atoms with van der Waals surface area (Å²) in [6, 6.07) is 1.69. The summed E-state index contributed by atoms with van der Waals surface area (Å²) in [5, 5.41) is 4.49. The van der Waals surface area contributed by atoms with E-state index in [-0.39, 0.29) is 5.69 Å².